The molecule has 1 heterocycles. The van der Waals surface area contributed by atoms with E-state index in [1.54, 1.807) is 18.3 Å². The lowest BCUT2D eigenvalue weighted by atomic mass is 10.2. The molecule has 1 saturated carbocycles. The van der Waals surface area contributed by atoms with Crippen LogP contribution in [-0.4, -0.2) is 23.1 Å². The number of pyridine rings is 1. The summed E-state index contributed by atoms with van der Waals surface area (Å²) in [4.78, 5) is 16.1. The Morgan fingerprint density at radius 1 is 1.50 bits per heavy atom. The molecule has 1 aliphatic rings. The van der Waals surface area contributed by atoms with Crippen LogP contribution >= 0.6 is 12.4 Å². The van der Waals surface area contributed by atoms with Crippen molar-refractivity contribution in [2.75, 3.05) is 11.1 Å². The molecule has 1 aliphatic carbocycles. The van der Waals surface area contributed by atoms with Gasteiger partial charge in [0.15, 0.2) is 0 Å². The number of carbonyl (C=O) groups is 1. The number of carbonyl (C=O) groups excluding carboxylic acids is 1. The number of hydrogen-bond acceptors (Lipinski definition) is 4. The van der Waals surface area contributed by atoms with Crippen LogP contribution in [0, 0.1) is 0 Å². The summed E-state index contributed by atoms with van der Waals surface area (Å²) in [7, 11) is 0. The third-order valence-electron chi connectivity index (χ3n) is 3.38. The number of amides is 1. The van der Waals surface area contributed by atoms with Gasteiger partial charge in [-0.3, -0.25) is 4.79 Å². The number of anilines is 2. The van der Waals surface area contributed by atoms with Gasteiger partial charge in [0.2, 0.25) is 0 Å². The molecule has 0 aromatic carbocycles. The van der Waals surface area contributed by atoms with E-state index in [1.165, 1.54) is 12.8 Å². The lowest BCUT2D eigenvalue weighted by molar-refractivity contribution is -0.131. The van der Waals surface area contributed by atoms with Gasteiger partial charge < -0.3 is 15.8 Å². The summed E-state index contributed by atoms with van der Waals surface area (Å²) < 4.78 is 5.86. The van der Waals surface area contributed by atoms with Gasteiger partial charge in [0.25, 0.3) is 5.91 Å². The minimum Gasteiger partial charge on any atom is -0.384 e. The van der Waals surface area contributed by atoms with Crippen molar-refractivity contribution in [2.45, 2.75) is 51.2 Å². The van der Waals surface area contributed by atoms with Crippen molar-refractivity contribution >= 4 is 29.8 Å². The summed E-state index contributed by atoms with van der Waals surface area (Å²) in [5.41, 5.74) is 6.15. The molecule has 1 atom stereocenters. The molecule has 112 valence electrons. The van der Waals surface area contributed by atoms with Crippen molar-refractivity contribution in [2.24, 2.45) is 0 Å². The van der Waals surface area contributed by atoms with Gasteiger partial charge in [0, 0.05) is 0 Å². The highest BCUT2D eigenvalue weighted by molar-refractivity contribution is 5.94. The highest BCUT2D eigenvalue weighted by Crippen LogP contribution is 2.23. The van der Waals surface area contributed by atoms with Gasteiger partial charge in [-0.25, -0.2) is 4.98 Å². The molecule has 2 rings (SSSR count). The molecule has 0 aliphatic heterocycles. The number of nitrogens with two attached hydrogens (primary N) is 1. The first kappa shape index (κ1) is 16.7. The van der Waals surface area contributed by atoms with Crippen molar-refractivity contribution in [1.82, 2.24) is 4.98 Å². The molecular weight excluding hydrogens is 278 g/mol. The van der Waals surface area contributed by atoms with Crippen LogP contribution in [0.3, 0.4) is 0 Å². The molecule has 1 aromatic heterocycles. The van der Waals surface area contributed by atoms with Gasteiger partial charge in [-0.1, -0.05) is 19.8 Å². The molecule has 3 N–H and O–H groups in total. The molecular formula is C14H22ClN3O2. The molecule has 0 bridgehead atoms. The third-order valence-corrected chi connectivity index (χ3v) is 3.38. The lowest BCUT2D eigenvalue weighted by Gasteiger charge is -2.20. The monoisotopic (exact) mass is 299 g/mol. The zero-order valence-electron chi connectivity index (χ0n) is 11.7. The Hall–Kier alpha value is -1.33. The normalized spacial score (nSPS) is 16.4. The summed E-state index contributed by atoms with van der Waals surface area (Å²) in [6, 6.07) is 3.40. The Balaban J connectivity index is 0.00000200. The average molecular weight is 300 g/mol. The number of hydrogen-bond donors (Lipinski definition) is 2. The van der Waals surface area contributed by atoms with E-state index in [4.69, 9.17) is 10.5 Å². The van der Waals surface area contributed by atoms with Gasteiger partial charge in [-0.05, 0) is 31.4 Å². The fraction of sp³-hybridized carbons (Fsp3) is 0.571. The number of ether oxygens (including phenoxy) is 1. The number of halogens is 1. The van der Waals surface area contributed by atoms with E-state index >= 15 is 0 Å². The van der Waals surface area contributed by atoms with E-state index < -0.39 is 0 Å². The smallest absolute Gasteiger partial charge is 0.253 e. The minimum absolute atomic E-state index is 0. The summed E-state index contributed by atoms with van der Waals surface area (Å²) in [5, 5.41) is 2.81. The second-order valence-electron chi connectivity index (χ2n) is 4.90. The van der Waals surface area contributed by atoms with Gasteiger partial charge in [0.1, 0.15) is 11.9 Å². The second kappa shape index (κ2) is 8.07. The fourth-order valence-electron chi connectivity index (χ4n) is 2.30. The molecule has 0 saturated heterocycles. The number of aromatic nitrogens is 1. The predicted molar refractivity (Wildman–Crippen MR) is 81.9 cm³/mol. The van der Waals surface area contributed by atoms with Gasteiger partial charge >= 0.3 is 0 Å². The summed E-state index contributed by atoms with van der Waals surface area (Å²) in [5.74, 6) is 0.327. The average Bonchev–Trinajstić information content (AvgIpc) is 2.91. The van der Waals surface area contributed by atoms with Crippen LogP contribution in [0.15, 0.2) is 18.3 Å². The van der Waals surface area contributed by atoms with Crippen LogP contribution in [0.5, 0.6) is 0 Å². The van der Waals surface area contributed by atoms with Crippen molar-refractivity contribution in [3.8, 4) is 0 Å². The predicted octanol–water partition coefficient (Wildman–Crippen LogP) is 2.76. The van der Waals surface area contributed by atoms with Crippen LogP contribution in [0.25, 0.3) is 0 Å². The Labute approximate surface area is 125 Å². The first-order valence-corrected chi connectivity index (χ1v) is 6.87. The van der Waals surface area contributed by atoms with Crippen LogP contribution in [0.2, 0.25) is 0 Å². The van der Waals surface area contributed by atoms with Gasteiger partial charge in [0.05, 0.1) is 18.0 Å². The lowest BCUT2D eigenvalue weighted by Crippen LogP contribution is -2.32. The second-order valence-corrected chi connectivity index (χ2v) is 4.90. The van der Waals surface area contributed by atoms with Crippen LogP contribution < -0.4 is 11.1 Å². The van der Waals surface area contributed by atoms with E-state index in [2.05, 4.69) is 10.3 Å². The summed E-state index contributed by atoms with van der Waals surface area (Å²) >= 11 is 0. The zero-order chi connectivity index (χ0) is 13.7. The largest absolute Gasteiger partial charge is 0.384 e. The molecule has 20 heavy (non-hydrogen) atoms. The molecule has 0 radical (unpaired) electrons. The Morgan fingerprint density at radius 3 is 2.75 bits per heavy atom. The number of nitrogens with zero attached hydrogens (tertiary/aromatic N) is 1. The molecule has 6 heteroatoms. The van der Waals surface area contributed by atoms with Crippen molar-refractivity contribution < 1.29 is 9.53 Å². The zero-order valence-corrected chi connectivity index (χ0v) is 12.5. The quantitative estimate of drug-likeness (QED) is 0.876. The summed E-state index contributed by atoms with van der Waals surface area (Å²) in [6.07, 6.45) is 6.59. The molecule has 0 spiro atoms. The fourth-order valence-corrected chi connectivity index (χ4v) is 2.30. The van der Waals surface area contributed by atoms with E-state index in [0.29, 0.717) is 17.9 Å². The van der Waals surface area contributed by atoms with E-state index in [9.17, 15) is 4.79 Å². The maximum absolute atomic E-state index is 12.1. The topological polar surface area (TPSA) is 77.2 Å². The first-order valence-electron chi connectivity index (χ1n) is 6.87. The number of rotatable bonds is 5. The first-order chi connectivity index (χ1) is 9.19. The Morgan fingerprint density at radius 2 is 2.20 bits per heavy atom. The molecule has 1 unspecified atom stereocenters. The van der Waals surface area contributed by atoms with Crippen molar-refractivity contribution in [3.05, 3.63) is 18.3 Å². The maximum atomic E-state index is 12.1. The number of nitrogen functional groups attached to an aromatic ring is 1. The maximum Gasteiger partial charge on any atom is 0.253 e. The number of nitrogens with one attached hydrogen (secondary N) is 1. The summed E-state index contributed by atoms with van der Waals surface area (Å²) in [6.45, 7) is 1.96. The van der Waals surface area contributed by atoms with E-state index in [1.807, 2.05) is 6.92 Å². The highest BCUT2D eigenvalue weighted by Gasteiger charge is 2.24. The van der Waals surface area contributed by atoms with Crippen LogP contribution in [0.1, 0.15) is 39.0 Å². The minimum atomic E-state index is -0.388. The molecule has 1 aromatic rings. The van der Waals surface area contributed by atoms with Crippen LogP contribution in [0.4, 0.5) is 11.5 Å². The van der Waals surface area contributed by atoms with Crippen molar-refractivity contribution in [1.29, 1.82) is 0 Å². The SMILES string of the molecule is CCC(OC1CCCC1)C(=O)Nc1ccc(N)nc1.Cl. The molecule has 1 fully saturated rings. The van der Waals surface area contributed by atoms with Crippen LogP contribution in [-0.2, 0) is 9.53 Å². The van der Waals surface area contributed by atoms with Gasteiger partial charge in [-0.2, -0.15) is 0 Å². The van der Waals surface area contributed by atoms with E-state index in [0.717, 1.165) is 12.8 Å². The van der Waals surface area contributed by atoms with Gasteiger partial charge in [-0.15, -0.1) is 12.4 Å². The highest BCUT2D eigenvalue weighted by atomic mass is 35.5. The Bertz CT molecular complexity index is 419. The molecule has 5 nitrogen and oxygen atoms in total. The van der Waals surface area contributed by atoms with Crippen molar-refractivity contribution in [3.63, 3.8) is 0 Å². The third kappa shape index (κ3) is 4.65. The van der Waals surface area contributed by atoms with E-state index in [-0.39, 0.29) is 30.5 Å². The Kier molecular flexibility index (Phi) is 6.75. The standard InChI is InChI=1S/C14H21N3O2.ClH/c1-2-12(19-11-5-3-4-6-11)14(18)17-10-7-8-13(15)16-9-10;/h7-9,11-12H,2-6H2,1H3,(H2,15,16)(H,17,18);1H. The molecule has 1 amide bonds.